The van der Waals surface area contributed by atoms with Crippen molar-refractivity contribution in [2.75, 3.05) is 5.88 Å². The Labute approximate surface area is 72.6 Å². The number of halogens is 1. The molecule has 3 heteroatoms. The zero-order valence-electron chi connectivity index (χ0n) is 6.85. The summed E-state index contributed by atoms with van der Waals surface area (Å²) in [4.78, 5) is 10.8. The summed E-state index contributed by atoms with van der Waals surface area (Å²) < 4.78 is 0. The van der Waals surface area contributed by atoms with E-state index in [1.165, 1.54) is 6.92 Å². The van der Waals surface area contributed by atoms with E-state index in [2.05, 4.69) is 0 Å². The molecule has 1 N–H and O–H groups in total. The van der Waals surface area contributed by atoms with Crippen LogP contribution < -0.4 is 0 Å². The molecule has 0 amide bonds. The minimum Gasteiger partial charge on any atom is -0.386 e. The quantitative estimate of drug-likeness (QED) is 0.497. The topological polar surface area (TPSA) is 37.3 Å². The van der Waals surface area contributed by atoms with Crippen molar-refractivity contribution in [3.8, 4) is 0 Å². The summed E-state index contributed by atoms with van der Waals surface area (Å²) in [6, 6.07) is 0. The highest BCUT2D eigenvalue weighted by atomic mass is 35.5. The summed E-state index contributed by atoms with van der Waals surface area (Å²) in [5, 5.41) is 8.80. The van der Waals surface area contributed by atoms with Crippen molar-refractivity contribution in [2.24, 2.45) is 0 Å². The second-order valence-electron chi connectivity index (χ2n) is 2.64. The first kappa shape index (κ1) is 10.9. The van der Waals surface area contributed by atoms with Crippen molar-refractivity contribution in [2.45, 2.75) is 38.7 Å². The van der Waals surface area contributed by atoms with Crippen molar-refractivity contribution in [1.29, 1.82) is 0 Å². The average Bonchev–Trinajstić information content (AvgIpc) is 1.97. The second-order valence-corrected chi connectivity index (χ2v) is 3.02. The van der Waals surface area contributed by atoms with E-state index >= 15 is 0 Å². The molecule has 0 rings (SSSR count). The molecular weight excluding hydrogens is 164 g/mol. The largest absolute Gasteiger partial charge is 0.386 e. The van der Waals surface area contributed by atoms with Gasteiger partial charge in [0.15, 0.2) is 5.78 Å². The molecule has 2 nitrogen and oxygen atoms in total. The minimum atomic E-state index is -0.800. The summed E-state index contributed by atoms with van der Waals surface area (Å²) >= 11 is 5.45. The third-order valence-electron chi connectivity index (χ3n) is 1.52. The van der Waals surface area contributed by atoms with Crippen LogP contribution in [0.1, 0.15) is 32.6 Å². The Morgan fingerprint density at radius 1 is 1.45 bits per heavy atom. The van der Waals surface area contributed by atoms with Gasteiger partial charge in [-0.05, 0) is 19.8 Å². The van der Waals surface area contributed by atoms with Crippen LogP contribution in [0.5, 0.6) is 0 Å². The summed E-state index contributed by atoms with van der Waals surface area (Å²) in [7, 11) is 0. The smallest absolute Gasteiger partial charge is 0.160 e. The van der Waals surface area contributed by atoms with Crippen LogP contribution in [-0.4, -0.2) is 22.9 Å². The molecule has 0 heterocycles. The van der Waals surface area contributed by atoms with E-state index in [0.29, 0.717) is 12.3 Å². The highest BCUT2D eigenvalue weighted by Gasteiger charge is 2.06. The molecule has 0 aromatic heterocycles. The van der Waals surface area contributed by atoms with E-state index in [0.717, 1.165) is 19.3 Å². The molecule has 1 unspecified atom stereocenters. The number of hydrogen-bond donors (Lipinski definition) is 1. The Kier molecular flexibility index (Phi) is 6.57. The minimum absolute atomic E-state index is 0.0698. The van der Waals surface area contributed by atoms with E-state index in [9.17, 15) is 4.79 Å². The van der Waals surface area contributed by atoms with Gasteiger partial charge in [0.1, 0.15) is 6.10 Å². The highest BCUT2D eigenvalue weighted by molar-refractivity contribution is 6.17. The van der Waals surface area contributed by atoms with Gasteiger partial charge in [-0.25, -0.2) is 0 Å². The molecule has 0 fully saturated rings. The van der Waals surface area contributed by atoms with Gasteiger partial charge in [-0.2, -0.15) is 0 Å². The summed E-state index contributed by atoms with van der Waals surface area (Å²) in [5.74, 6) is 0.586. The number of rotatable bonds is 6. The maximum atomic E-state index is 10.8. The standard InChI is InChI=1S/C8H15ClO2/c1-7(10)8(11)5-3-2-4-6-9/h7,10H,2-6H2,1H3. The van der Waals surface area contributed by atoms with Crippen LogP contribution in [0.2, 0.25) is 0 Å². The molecule has 0 saturated heterocycles. The first-order chi connectivity index (χ1) is 5.18. The number of aliphatic hydroxyl groups excluding tert-OH is 1. The number of carbonyl (C=O) groups excluding carboxylic acids is 1. The molecule has 0 saturated carbocycles. The van der Waals surface area contributed by atoms with Crippen LogP contribution >= 0.6 is 11.6 Å². The van der Waals surface area contributed by atoms with Crippen LogP contribution in [-0.2, 0) is 4.79 Å². The molecule has 0 bridgehead atoms. The second kappa shape index (κ2) is 6.62. The third kappa shape index (κ3) is 6.32. The number of aliphatic hydroxyl groups is 1. The monoisotopic (exact) mass is 178 g/mol. The number of ketones is 1. The molecular formula is C8H15ClO2. The lowest BCUT2D eigenvalue weighted by Crippen LogP contribution is -2.15. The number of hydrogen-bond acceptors (Lipinski definition) is 2. The van der Waals surface area contributed by atoms with E-state index in [1.54, 1.807) is 0 Å². The van der Waals surface area contributed by atoms with E-state index < -0.39 is 6.10 Å². The SMILES string of the molecule is CC(O)C(=O)CCCCCCl. The summed E-state index contributed by atoms with van der Waals surface area (Å²) in [6.45, 7) is 1.50. The fourth-order valence-corrected chi connectivity index (χ4v) is 0.968. The van der Waals surface area contributed by atoms with Crippen LogP contribution in [0.15, 0.2) is 0 Å². The van der Waals surface area contributed by atoms with Gasteiger partial charge in [-0.3, -0.25) is 4.79 Å². The first-order valence-electron chi connectivity index (χ1n) is 3.95. The van der Waals surface area contributed by atoms with E-state index in [4.69, 9.17) is 16.7 Å². The predicted molar refractivity (Wildman–Crippen MR) is 45.9 cm³/mol. The number of carbonyl (C=O) groups is 1. The molecule has 0 radical (unpaired) electrons. The van der Waals surface area contributed by atoms with Crippen LogP contribution in [0.4, 0.5) is 0 Å². The maximum absolute atomic E-state index is 10.8. The van der Waals surface area contributed by atoms with Gasteiger partial charge in [0.2, 0.25) is 0 Å². The Hall–Kier alpha value is -0.0800. The molecule has 0 aliphatic rings. The molecule has 66 valence electrons. The Balaban J connectivity index is 3.18. The van der Waals surface area contributed by atoms with Gasteiger partial charge < -0.3 is 5.11 Å². The third-order valence-corrected chi connectivity index (χ3v) is 1.79. The zero-order valence-corrected chi connectivity index (χ0v) is 7.60. The summed E-state index contributed by atoms with van der Waals surface area (Å²) in [6.07, 6.45) is 2.45. The van der Waals surface area contributed by atoms with Gasteiger partial charge in [0.25, 0.3) is 0 Å². The van der Waals surface area contributed by atoms with Crippen LogP contribution in [0, 0.1) is 0 Å². The van der Waals surface area contributed by atoms with Crippen LogP contribution in [0.25, 0.3) is 0 Å². The Morgan fingerprint density at radius 3 is 2.55 bits per heavy atom. The molecule has 0 spiro atoms. The lowest BCUT2D eigenvalue weighted by atomic mass is 10.1. The maximum Gasteiger partial charge on any atom is 0.160 e. The van der Waals surface area contributed by atoms with Gasteiger partial charge in [0, 0.05) is 12.3 Å². The van der Waals surface area contributed by atoms with Gasteiger partial charge in [0.05, 0.1) is 0 Å². The van der Waals surface area contributed by atoms with Gasteiger partial charge in [-0.15, -0.1) is 11.6 Å². The van der Waals surface area contributed by atoms with Crippen molar-refractivity contribution < 1.29 is 9.90 Å². The van der Waals surface area contributed by atoms with Crippen molar-refractivity contribution in [1.82, 2.24) is 0 Å². The molecule has 1 atom stereocenters. The Bertz CT molecular complexity index is 113. The van der Waals surface area contributed by atoms with E-state index in [-0.39, 0.29) is 5.78 Å². The molecule has 0 aromatic rings. The number of unbranched alkanes of at least 4 members (excludes halogenated alkanes) is 2. The predicted octanol–water partition coefficient (Wildman–Crippen LogP) is 1.74. The van der Waals surface area contributed by atoms with Crippen molar-refractivity contribution in [3.05, 3.63) is 0 Å². The van der Waals surface area contributed by atoms with E-state index in [1.807, 2.05) is 0 Å². The van der Waals surface area contributed by atoms with Gasteiger partial charge >= 0.3 is 0 Å². The van der Waals surface area contributed by atoms with Crippen LogP contribution in [0.3, 0.4) is 0 Å². The number of Topliss-reactive ketones (excluding diaryl/α,β-unsaturated/α-hetero) is 1. The molecule has 0 aliphatic heterocycles. The molecule has 0 aliphatic carbocycles. The fourth-order valence-electron chi connectivity index (χ4n) is 0.779. The molecule has 0 aromatic carbocycles. The zero-order chi connectivity index (χ0) is 8.69. The normalized spacial score (nSPS) is 13.0. The van der Waals surface area contributed by atoms with Crippen molar-refractivity contribution in [3.63, 3.8) is 0 Å². The van der Waals surface area contributed by atoms with Crippen molar-refractivity contribution >= 4 is 17.4 Å². The highest BCUT2D eigenvalue weighted by Crippen LogP contribution is 2.03. The lowest BCUT2D eigenvalue weighted by molar-refractivity contribution is -0.126. The average molecular weight is 179 g/mol. The lowest BCUT2D eigenvalue weighted by Gasteiger charge is -2.01. The molecule has 11 heavy (non-hydrogen) atoms. The summed E-state index contributed by atoms with van der Waals surface area (Å²) in [5.41, 5.74) is 0. The number of alkyl halides is 1. The fraction of sp³-hybridized carbons (Fsp3) is 0.875. The Morgan fingerprint density at radius 2 is 2.09 bits per heavy atom. The van der Waals surface area contributed by atoms with Gasteiger partial charge in [-0.1, -0.05) is 6.42 Å². The first-order valence-corrected chi connectivity index (χ1v) is 4.48.